The first-order valence-corrected chi connectivity index (χ1v) is 9.79. The summed E-state index contributed by atoms with van der Waals surface area (Å²) in [6, 6.07) is 9.04. The summed E-state index contributed by atoms with van der Waals surface area (Å²) in [7, 11) is 0. The Morgan fingerprint density at radius 3 is 2.21 bits per heavy atom. The molecule has 0 aromatic heterocycles. The largest absolute Gasteiger partial charge is 0.484 e. The Morgan fingerprint density at radius 1 is 1.07 bits per heavy atom. The van der Waals surface area contributed by atoms with Gasteiger partial charge in [-0.05, 0) is 56.4 Å². The van der Waals surface area contributed by atoms with Gasteiger partial charge < -0.3 is 20.1 Å². The number of halogens is 1. The van der Waals surface area contributed by atoms with E-state index in [0.717, 1.165) is 19.3 Å². The summed E-state index contributed by atoms with van der Waals surface area (Å²) in [4.78, 5) is 24.2. The number of rotatable bonds is 8. The van der Waals surface area contributed by atoms with E-state index in [4.69, 9.17) is 26.3 Å². The minimum absolute atomic E-state index is 0.0229. The van der Waals surface area contributed by atoms with Crippen molar-refractivity contribution in [2.24, 2.45) is 5.92 Å². The van der Waals surface area contributed by atoms with E-state index < -0.39 is 0 Å². The Bertz CT molecular complexity index is 794. The van der Waals surface area contributed by atoms with Gasteiger partial charge in [0.1, 0.15) is 12.4 Å². The number of amides is 2. The van der Waals surface area contributed by atoms with Gasteiger partial charge in [-0.15, -0.1) is 0 Å². The number of nitriles is 1. The number of ether oxygens (including phenoxy) is 2. The molecule has 4 aliphatic carbocycles. The van der Waals surface area contributed by atoms with Gasteiger partial charge in [-0.25, -0.2) is 0 Å². The lowest BCUT2D eigenvalue weighted by atomic mass is 9.44. The monoisotopic (exact) mass is 403 g/mol. The Kier molecular flexibility index (Phi) is 4.94. The van der Waals surface area contributed by atoms with Crippen LogP contribution >= 0.6 is 11.6 Å². The lowest BCUT2D eigenvalue weighted by Crippen LogP contribution is -2.84. The molecule has 0 radical (unpaired) electrons. The summed E-state index contributed by atoms with van der Waals surface area (Å²) in [5.41, 5.74) is -0.428. The molecule has 28 heavy (non-hydrogen) atoms. The van der Waals surface area contributed by atoms with Crippen LogP contribution in [0, 0.1) is 17.2 Å². The molecule has 148 valence electrons. The molecule has 0 unspecified atom stereocenters. The molecule has 2 bridgehead atoms. The average molecular weight is 404 g/mol. The quantitative estimate of drug-likeness (QED) is 0.690. The number of benzene rings is 1. The molecule has 0 saturated heterocycles. The van der Waals surface area contributed by atoms with Crippen molar-refractivity contribution in [3.05, 3.63) is 29.3 Å². The zero-order valence-electron chi connectivity index (χ0n) is 15.4. The third-order valence-corrected chi connectivity index (χ3v) is 6.00. The summed E-state index contributed by atoms with van der Waals surface area (Å²) in [6.07, 6.45) is 3.65. The summed E-state index contributed by atoms with van der Waals surface area (Å²) in [6.45, 7) is -0.0273. The Morgan fingerprint density at radius 2 is 1.64 bits per heavy atom. The first-order chi connectivity index (χ1) is 13.4. The third kappa shape index (κ3) is 3.94. The molecule has 1 aromatic rings. The van der Waals surface area contributed by atoms with E-state index in [1.807, 2.05) is 0 Å². The minimum Gasteiger partial charge on any atom is -0.484 e. The van der Waals surface area contributed by atoms with Crippen molar-refractivity contribution >= 4 is 23.4 Å². The van der Waals surface area contributed by atoms with Crippen molar-refractivity contribution in [3.63, 3.8) is 0 Å². The zero-order valence-corrected chi connectivity index (χ0v) is 16.1. The van der Waals surface area contributed by atoms with Crippen LogP contribution < -0.4 is 15.4 Å². The predicted molar refractivity (Wildman–Crippen MR) is 101 cm³/mol. The summed E-state index contributed by atoms with van der Waals surface area (Å²) >= 11 is 5.82. The second-order valence-corrected chi connectivity index (χ2v) is 8.60. The zero-order chi connectivity index (χ0) is 19.8. The molecule has 5 rings (SSSR count). The van der Waals surface area contributed by atoms with Gasteiger partial charge in [0.05, 0.1) is 18.1 Å². The Hall–Kier alpha value is -2.30. The van der Waals surface area contributed by atoms with Crippen molar-refractivity contribution < 1.29 is 19.1 Å². The number of hydrogen-bond donors (Lipinski definition) is 2. The fraction of sp³-hybridized carbons (Fsp3) is 0.550. The molecule has 2 amide bonds. The van der Waals surface area contributed by atoms with E-state index >= 15 is 0 Å². The van der Waals surface area contributed by atoms with Gasteiger partial charge in [-0.1, -0.05) is 11.6 Å². The maximum absolute atomic E-state index is 12.1. The van der Waals surface area contributed by atoms with Crippen LogP contribution in [0.5, 0.6) is 5.75 Å². The van der Waals surface area contributed by atoms with E-state index in [9.17, 15) is 9.59 Å². The normalized spacial score (nSPS) is 32.0. The SMILES string of the molecule is N#C[C@H]1C[C@H](OCC(=O)NC23CC(NC(=O)COc4ccc(Cl)cc4)(C2)C3)C1. The average Bonchev–Trinajstić information content (AvgIpc) is 2.57. The van der Waals surface area contributed by atoms with E-state index in [0.29, 0.717) is 23.6 Å². The molecule has 8 heteroatoms. The molecule has 2 N–H and O–H groups in total. The second kappa shape index (κ2) is 7.26. The molecule has 7 nitrogen and oxygen atoms in total. The van der Waals surface area contributed by atoms with Crippen LogP contribution in [0.2, 0.25) is 5.02 Å². The highest BCUT2D eigenvalue weighted by molar-refractivity contribution is 6.30. The van der Waals surface area contributed by atoms with Crippen LogP contribution in [-0.4, -0.2) is 42.2 Å². The highest BCUT2D eigenvalue weighted by Gasteiger charge is 2.69. The maximum atomic E-state index is 12.1. The second-order valence-electron chi connectivity index (χ2n) is 8.16. The summed E-state index contributed by atoms with van der Waals surface area (Å²) < 4.78 is 11.0. The van der Waals surface area contributed by atoms with Crippen LogP contribution in [0.15, 0.2) is 24.3 Å². The van der Waals surface area contributed by atoms with Gasteiger partial charge in [-0.3, -0.25) is 9.59 Å². The molecule has 0 aliphatic heterocycles. The molecule has 0 atom stereocenters. The number of carbonyl (C=O) groups excluding carboxylic acids is 2. The van der Waals surface area contributed by atoms with Gasteiger partial charge in [0.2, 0.25) is 5.91 Å². The lowest BCUT2D eigenvalue weighted by molar-refractivity contribution is -0.154. The molecule has 4 saturated carbocycles. The van der Waals surface area contributed by atoms with Crippen LogP contribution in [0.25, 0.3) is 0 Å². The van der Waals surface area contributed by atoms with Crippen LogP contribution in [0.4, 0.5) is 0 Å². The van der Waals surface area contributed by atoms with Crippen LogP contribution in [-0.2, 0) is 14.3 Å². The molecule has 1 aromatic carbocycles. The van der Waals surface area contributed by atoms with Gasteiger partial charge >= 0.3 is 0 Å². The van der Waals surface area contributed by atoms with E-state index in [2.05, 4.69) is 16.7 Å². The molecule has 0 heterocycles. The van der Waals surface area contributed by atoms with Crippen molar-refractivity contribution in [1.29, 1.82) is 5.26 Å². The van der Waals surface area contributed by atoms with Crippen molar-refractivity contribution in [2.45, 2.75) is 49.3 Å². The number of nitrogens with zero attached hydrogens (tertiary/aromatic N) is 1. The summed E-state index contributed by atoms with van der Waals surface area (Å²) in [5.74, 6) is 0.354. The number of nitrogens with one attached hydrogen (secondary N) is 2. The number of hydrogen-bond acceptors (Lipinski definition) is 5. The molecule has 4 aliphatic rings. The van der Waals surface area contributed by atoms with Crippen molar-refractivity contribution in [2.75, 3.05) is 13.2 Å². The molecular formula is C20H22ClN3O4. The Labute approximate surface area is 168 Å². The van der Waals surface area contributed by atoms with Gasteiger partial charge in [0.25, 0.3) is 5.91 Å². The molecular weight excluding hydrogens is 382 g/mol. The minimum atomic E-state index is -0.220. The maximum Gasteiger partial charge on any atom is 0.258 e. The van der Waals surface area contributed by atoms with E-state index in [1.165, 1.54) is 0 Å². The van der Waals surface area contributed by atoms with Gasteiger partial charge in [0, 0.05) is 16.1 Å². The molecule has 0 spiro atoms. The highest BCUT2D eigenvalue weighted by Crippen LogP contribution is 2.60. The van der Waals surface area contributed by atoms with Crippen LogP contribution in [0.3, 0.4) is 0 Å². The fourth-order valence-corrected chi connectivity index (χ4v) is 4.52. The first-order valence-electron chi connectivity index (χ1n) is 9.41. The first kappa shape index (κ1) is 19.0. The lowest BCUT2D eigenvalue weighted by Gasteiger charge is -2.70. The van der Waals surface area contributed by atoms with E-state index in [-0.39, 0.29) is 48.1 Å². The standard InChI is InChI=1S/C20H22ClN3O4/c21-14-1-3-15(4-2-14)27-8-17(25)23-19-10-20(11-19,12-19)24-18(26)9-28-16-5-13(6-16)7-22/h1-4,13,16H,5-6,8-12H2,(H,23,25)(H,24,26)/t13-,16-,19?,20?. The smallest absolute Gasteiger partial charge is 0.258 e. The van der Waals surface area contributed by atoms with Gasteiger partial charge in [-0.2, -0.15) is 5.26 Å². The third-order valence-electron chi connectivity index (χ3n) is 5.75. The summed E-state index contributed by atoms with van der Waals surface area (Å²) in [5, 5.41) is 15.4. The van der Waals surface area contributed by atoms with Gasteiger partial charge in [0.15, 0.2) is 6.61 Å². The Balaban J connectivity index is 1.12. The topological polar surface area (TPSA) is 100 Å². The van der Waals surface area contributed by atoms with Crippen LogP contribution in [0.1, 0.15) is 32.1 Å². The highest BCUT2D eigenvalue weighted by atomic mass is 35.5. The fourth-order valence-electron chi connectivity index (χ4n) is 4.40. The number of carbonyl (C=O) groups is 2. The van der Waals surface area contributed by atoms with Crippen molar-refractivity contribution in [1.82, 2.24) is 10.6 Å². The molecule has 4 fully saturated rings. The van der Waals surface area contributed by atoms with E-state index in [1.54, 1.807) is 24.3 Å². The predicted octanol–water partition coefficient (Wildman–Crippen LogP) is 1.95. The van der Waals surface area contributed by atoms with Crippen molar-refractivity contribution in [3.8, 4) is 11.8 Å².